The molecule has 0 atom stereocenters. The first-order valence-electron chi connectivity index (χ1n) is 5.65. The van der Waals surface area contributed by atoms with Gasteiger partial charge >= 0.3 is 0 Å². The van der Waals surface area contributed by atoms with Gasteiger partial charge in [0.2, 0.25) is 5.82 Å². The number of carbonyl (C=O) groups is 1. The Balaban J connectivity index is 1.88. The summed E-state index contributed by atoms with van der Waals surface area (Å²) >= 11 is 0. The zero-order valence-corrected chi connectivity index (χ0v) is 9.06. The maximum Gasteiger partial charge on any atom is 0.291 e. The van der Waals surface area contributed by atoms with Gasteiger partial charge in [-0.1, -0.05) is 0 Å². The summed E-state index contributed by atoms with van der Waals surface area (Å²) in [7, 11) is 0. The summed E-state index contributed by atoms with van der Waals surface area (Å²) in [5.41, 5.74) is 0. The lowest BCUT2D eigenvalue weighted by atomic mass is 10.4. The van der Waals surface area contributed by atoms with E-state index in [9.17, 15) is 4.79 Å². The zero-order valence-electron chi connectivity index (χ0n) is 9.06. The molecule has 0 N–H and O–H groups in total. The standard InChI is InChI=1S/C10H14N4O2/c15-10(13-3-1-2-4-13)9-12-11-8-7-16-6-5-14(8)9/h1-7H2. The molecule has 0 bridgehead atoms. The second kappa shape index (κ2) is 3.86. The van der Waals surface area contributed by atoms with Crippen molar-refractivity contribution in [1.29, 1.82) is 0 Å². The van der Waals surface area contributed by atoms with E-state index in [-0.39, 0.29) is 5.91 Å². The molecule has 1 aromatic rings. The summed E-state index contributed by atoms with van der Waals surface area (Å²) in [5, 5.41) is 7.97. The van der Waals surface area contributed by atoms with Gasteiger partial charge in [0.05, 0.1) is 6.61 Å². The summed E-state index contributed by atoms with van der Waals surface area (Å²) in [6, 6.07) is 0. The molecule has 3 rings (SSSR count). The van der Waals surface area contributed by atoms with Crippen LogP contribution in [0.15, 0.2) is 0 Å². The molecule has 16 heavy (non-hydrogen) atoms. The van der Waals surface area contributed by atoms with Crippen LogP contribution in [0.1, 0.15) is 29.3 Å². The summed E-state index contributed by atoms with van der Waals surface area (Å²) in [5.74, 6) is 1.24. The molecule has 1 amide bonds. The molecule has 6 heteroatoms. The Hall–Kier alpha value is -1.43. The number of hydrogen-bond donors (Lipinski definition) is 0. The number of likely N-dealkylation sites (tertiary alicyclic amines) is 1. The molecular weight excluding hydrogens is 208 g/mol. The molecular formula is C10H14N4O2. The number of fused-ring (bicyclic) bond motifs is 1. The predicted octanol–water partition coefficient (Wildman–Crippen LogP) is 0.0443. The summed E-state index contributed by atoms with van der Waals surface area (Å²) in [6.07, 6.45) is 2.19. The fourth-order valence-corrected chi connectivity index (χ4v) is 2.22. The van der Waals surface area contributed by atoms with Gasteiger partial charge in [-0.25, -0.2) is 0 Å². The van der Waals surface area contributed by atoms with Gasteiger partial charge in [-0.05, 0) is 12.8 Å². The first-order chi connectivity index (χ1) is 7.86. The number of carbonyl (C=O) groups excluding carboxylic acids is 1. The average molecular weight is 222 g/mol. The van der Waals surface area contributed by atoms with Crippen LogP contribution in [-0.4, -0.2) is 45.3 Å². The largest absolute Gasteiger partial charge is 0.372 e. The summed E-state index contributed by atoms with van der Waals surface area (Å²) in [6.45, 7) is 3.46. The third kappa shape index (κ3) is 1.49. The van der Waals surface area contributed by atoms with Crippen LogP contribution in [0.4, 0.5) is 0 Å². The van der Waals surface area contributed by atoms with Crippen molar-refractivity contribution >= 4 is 5.91 Å². The van der Waals surface area contributed by atoms with Crippen molar-refractivity contribution in [1.82, 2.24) is 19.7 Å². The third-order valence-electron chi connectivity index (χ3n) is 3.10. The molecule has 0 radical (unpaired) electrons. The Morgan fingerprint density at radius 1 is 1.19 bits per heavy atom. The Labute approximate surface area is 93.2 Å². The van der Waals surface area contributed by atoms with E-state index in [2.05, 4.69) is 10.2 Å². The Kier molecular flexibility index (Phi) is 2.36. The molecule has 0 spiro atoms. The summed E-state index contributed by atoms with van der Waals surface area (Å²) in [4.78, 5) is 14.0. The van der Waals surface area contributed by atoms with Crippen LogP contribution in [-0.2, 0) is 17.9 Å². The minimum absolute atomic E-state index is 0.0122. The fraction of sp³-hybridized carbons (Fsp3) is 0.700. The van der Waals surface area contributed by atoms with Crippen LogP contribution in [0.25, 0.3) is 0 Å². The topological polar surface area (TPSA) is 60.3 Å². The molecule has 0 aliphatic carbocycles. The highest BCUT2D eigenvalue weighted by molar-refractivity contribution is 5.90. The molecule has 0 saturated carbocycles. The quantitative estimate of drug-likeness (QED) is 0.673. The van der Waals surface area contributed by atoms with Crippen molar-refractivity contribution in [2.75, 3.05) is 19.7 Å². The van der Waals surface area contributed by atoms with Crippen LogP contribution < -0.4 is 0 Å². The lowest BCUT2D eigenvalue weighted by molar-refractivity contribution is 0.0711. The number of hydrogen-bond acceptors (Lipinski definition) is 4. The van der Waals surface area contributed by atoms with E-state index in [0.29, 0.717) is 25.6 Å². The highest BCUT2D eigenvalue weighted by atomic mass is 16.5. The molecule has 1 saturated heterocycles. The predicted molar refractivity (Wildman–Crippen MR) is 54.8 cm³/mol. The number of ether oxygens (including phenoxy) is 1. The van der Waals surface area contributed by atoms with Crippen LogP contribution in [0.3, 0.4) is 0 Å². The van der Waals surface area contributed by atoms with E-state index >= 15 is 0 Å². The van der Waals surface area contributed by atoms with Crippen molar-refractivity contribution in [3.63, 3.8) is 0 Å². The molecule has 2 aliphatic rings. The van der Waals surface area contributed by atoms with Gasteiger partial charge in [-0.2, -0.15) is 0 Å². The second-order valence-corrected chi connectivity index (χ2v) is 4.14. The van der Waals surface area contributed by atoms with Gasteiger partial charge in [0.1, 0.15) is 6.61 Å². The highest BCUT2D eigenvalue weighted by Gasteiger charge is 2.26. The average Bonchev–Trinajstić information content (AvgIpc) is 2.98. The molecule has 3 heterocycles. The Morgan fingerprint density at radius 2 is 2.00 bits per heavy atom. The monoisotopic (exact) mass is 222 g/mol. The lowest BCUT2D eigenvalue weighted by Crippen LogP contribution is -2.31. The minimum Gasteiger partial charge on any atom is -0.372 e. The molecule has 1 aromatic heterocycles. The maximum absolute atomic E-state index is 12.1. The van der Waals surface area contributed by atoms with Gasteiger partial charge in [-0.3, -0.25) is 4.79 Å². The number of amides is 1. The second-order valence-electron chi connectivity index (χ2n) is 4.14. The van der Waals surface area contributed by atoms with Gasteiger partial charge in [0.25, 0.3) is 5.91 Å². The summed E-state index contributed by atoms with van der Waals surface area (Å²) < 4.78 is 7.15. The van der Waals surface area contributed by atoms with E-state index in [1.165, 1.54) is 0 Å². The SMILES string of the molecule is O=C(c1nnc2n1CCOC2)N1CCCC1. The molecule has 2 aliphatic heterocycles. The fourth-order valence-electron chi connectivity index (χ4n) is 2.22. The molecule has 6 nitrogen and oxygen atoms in total. The molecule has 0 aromatic carbocycles. The van der Waals surface area contributed by atoms with E-state index in [1.54, 1.807) is 0 Å². The van der Waals surface area contributed by atoms with Crippen molar-refractivity contribution in [3.05, 3.63) is 11.6 Å². The normalized spacial score (nSPS) is 19.9. The smallest absolute Gasteiger partial charge is 0.291 e. The van der Waals surface area contributed by atoms with Gasteiger partial charge in [0, 0.05) is 19.6 Å². The van der Waals surface area contributed by atoms with Gasteiger partial charge in [-0.15, -0.1) is 10.2 Å². The van der Waals surface area contributed by atoms with Crippen LogP contribution >= 0.6 is 0 Å². The van der Waals surface area contributed by atoms with E-state index in [4.69, 9.17) is 4.74 Å². The number of rotatable bonds is 1. The molecule has 0 unspecified atom stereocenters. The van der Waals surface area contributed by atoms with E-state index in [1.807, 2.05) is 9.47 Å². The van der Waals surface area contributed by atoms with Crippen LogP contribution in [0, 0.1) is 0 Å². The van der Waals surface area contributed by atoms with E-state index in [0.717, 1.165) is 31.8 Å². The van der Waals surface area contributed by atoms with Crippen molar-refractivity contribution < 1.29 is 9.53 Å². The van der Waals surface area contributed by atoms with Crippen molar-refractivity contribution in [2.24, 2.45) is 0 Å². The first-order valence-corrected chi connectivity index (χ1v) is 5.65. The molecule has 1 fully saturated rings. The number of aromatic nitrogens is 3. The first kappa shape index (κ1) is 9.77. The van der Waals surface area contributed by atoms with E-state index < -0.39 is 0 Å². The minimum atomic E-state index is 0.0122. The van der Waals surface area contributed by atoms with Crippen LogP contribution in [0.5, 0.6) is 0 Å². The Bertz CT molecular complexity index is 409. The van der Waals surface area contributed by atoms with Crippen molar-refractivity contribution in [2.45, 2.75) is 26.0 Å². The zero-order chi connectivity index (χ0) is 11.0. The highest BCUT2D eigenvalue weighted by Crippen LogP contribution is 2.14. The van der Waals surface area contributed by atoms with Crippen LogP contribution in [0.2, 0.25) is 0 Å². The number of nitrogens with zero attached hydrogens (tertiary/aromatic N) is 4. The van der Waals surface area contributed by atoms with Gasteiger partial charge < -0.3 is 14.2 Å². The maximum atomic E-state index is 12.1. The van der Waals surface area contributed by atoms with Crippen molar-refractivity contribution in [3.8, 4) is 0 Å². The molecule has 86 valence electrons. The Morgan fingerprint density at radius 3 is 2.81 bits per heavy atom. The third-order valence-corrected chi connectivity index (χ3v) is 3.10. The van der Waals surface area contributed by atoms with Gasteiger partial charge in [0.15, 0.2) is 5.82 Å². The lowest BCUT2D eigenvalue weighted by Gasteiger charge is -2.18.